The van der Waals surface area contributed by atoms with Crippen molar-refractivity contribution in [2.24, 2.45) is 5.92 Å². The summed E-state index contributed by atoms with van der Waals surface area (Å²) in [4.78, 5) is 4.50. The van der Waals surface area contributed by atoms with Crippen LogP contribution in [0.5, 0.6) is 0 Å². The zero-order chi connectivity index (χ0) is 22.6. The molecule has 0 radical (unpaired) electrons. The van der Waals surface area contributed by atoms with Gasteiger partial charge >= 0.3 is 10.4 Å². The van der Waals surface area contributed by atoms with Crippen molar-refractivity contribution in [2.75, 3.05) is 20.3 Å². The van der Waals surface area contributed by atoms with Gasteiger partial charge in [-0.1, -0.05) is 12.0 Å². The molecule has 0 amide bonds. The van der Waals surface area contributed by atoms with E-state index in [2.05, 4.69) is 14.1 Å². The van der Waals surface area contributed by atoms with Crippen molar-refractivity contribution >= 4 is 10.4 Å². The molecule has 15 nitrogen and oxygen atoms in total. The van der Waals surface area contributed by atoms with Gasteiger partial charge < -0.3 is 39.4 Å². The Balaban J connectivity index is 2.25. The van der Waals surface area contributed by atoms with Gasteiger partial charge in [0.2, 0.25) is 0 Å². The molecule has 0 spiro atoms. The fourth-order valence-electron chi connectivity index (χ4n) is 3.23. The van der Waals surface area contributed by atoms with Crippen molar-refractivity contribution in [3.05, 3.63) is 0 Å². The topological polar surface area (TPSA) is 220 Å². The van der Waals surface area contributed by atoms with E-state index >= 15 is 0 Å². The van der Waals surface area contributed by atoms with Crippen LogP contribution in [0.4, 0.5) is 0 Å². The molecule has 2 saturated heterocycles. The summed E-state index contributed by atoms with van der Waals surface area (Å²) in [5.74, 6) is -0.811. The first-order chi connectivity index (χ1) is 14.0. The Morgan fingerprint density at radius 2 is 1.60 bits per heavy atom. The predicted molar refractivity (Wildman–Crippen MR) is 89.6 cm³/mol. The Morgan fingerprint density at radius 1 is 0.967 bits per heavy atom. The highest BCUT2D eigenvalue weighted by atomic mass is 32.3. The van der Waals surface area contributed by atoms with Crippen molar-refractivity contribution in [3.8, 4) is 0 Å². The number of rotatable bonds is 9. The zero-order valence-electron chi connectivity index (χ0n) is 16.0. The van der Waals surface area contributed by atoms with Crippen molar-refractivity contribution in [1.82, 2.24) is 0 Å². The molecule has 4 unspecified atom stereocenters. The van der Waals surface area contributed by atoms with Crippen molar-refractivity contribution in [1.29, 1.82) is 0 Å². The molecule has 0 bridgehead atoms. The van der Waals surface area contributed by atoms with Crippen LogP contribution in [0.25, 0.3) is 0 Å². The molecule has 0 aromatic rings. The number of hydrogen-bond acceptors (Lipinski definition) is 14. The van der Waals surface area contributed by atoms with E-state index < -0.39 is 84.8 Å². The largest absolute Gasteiger partial charge is 0.397 e. The van der Waals surface area contributed by atoms with Crippen LogP contribution in [0.2, 0.25) is 0 Å². The minimum atomic E-state index is -4.89. The minimum absolute atomic E-state index is 0.604. The molecule has 178 valence electrons. The van der Waals surface area contributed by atoms with Gasteiger partial charge in [0.05, 0.1) is 19.3 Å². The first-order valence-corrected chi connectivity index (χ1v) is 10.1. The quantitative estimate of drug-likeness (QED) is 0.112. The van der Waals surface area contributed by atoms with Gasteiger partial charge in [-0.05, 0) is 0 Å². The number of ether oxygens (including phenoxy) is 4. The lowest BCUT2D eigenvalue weighted by Crippen LogP contribution is -2.64. The molecule has 2 rings (SSSR count). The van der Waals surface area contributed by atoms with Crippen LogP contribution in [-0.4, -0.2) is 114 Å². The van der Waals surface area contributed by atoms with Crippen LogP contribution in [-0.2, 0) is 43.5 Å². The van der Waals surface area contributed by atoms with Gasteiger partial charge in [-0.15, -0.1) is 0 Å². The fourth-order valence-corrected chi connectivity index (χ4v) is 3.54. The highest BCUT2D eigenvalue weighted by Gasteiger charge is 2.51. The third-order valence-electron chi connectivity index (χ3n) is 4.90. The Labute approximate surface area is 171 Å². The Morgan fingerprint density at radius 3 is 2.13 bits per heavy atom. The van der Waals surface area contributed by atoms with Crippen LogP contribution in [0, 0.1) is 5.92 Å². The van der Waals surface area contributed by atoms with Gasteiger partial charge in [0.1, 0.15) is 30.5 Å². The minimum Gasteiger partial charge on any atom is -0.394 e. The Hall–Kier alpha value is -0.570. The second-order valence-electron chi connectivity index (χ2n) is 6.78. The van der Waals surface area contributed by atoms with E-state index in [9.17, 15) is 28.8 Å². The van der Waals surface area contributed by atoms with E-state index in [1.807, 2.05) is 0 Å². The Kier molecular flexibility index (Phi) is 9.28. The molecular weight excluding hydrogens is 440 g/mol. The van der Waals surface area contributed by atoms with Crippen LogP contribution in [0.15, 0.2) is 0 Å². The normalized spacial score (nSPS) is 42.9. The summed E-state index contributed by atoms with van der Waals surface area (Å²) in [5, 5.41) is 52.5. The smallest absolute Gasteiger partial charge is 0.394 e. The van der Waals surface area contributed by atoms with Gasteiger partial charge in [0.15, 0.2) is 18.7 Å². The van der Waals surface area contributed by atoms with E-state index in [-0.39, 0.29) is 0 Å². The number of methoxy groups -OCH3 is 1. The molecule has 30 heavy (non-hydrogen) atoms. The molecule has 16 heteroatoms. The molecule has 0 aliphatic carbocycles. The molecule has 2 aliphatic rings. The molecule has 0 aromatic carbocycles. The molecule has 6 N–H and O–H groups in total. The zero-order valence-corrected chi connectivity index (χ0v) is 16.8. The van der Waals surface area contributed by atoms with Gasteiger partial charge in [0.25, 0.3) is 0 Å². The molecular formula is C14H26O15S. The number of aliphatic hydroxyl groups excluding tert-OH is 4. The second-order valence-corrected chi connectivity index (χ2v) is 7.87. The van der Waals surface area contributed by atoms with Gasteiger partial charge in [-0.3, -0.25) is 4.55 Å². The Bertz CT molecular complexity index is 629. The van der Waals surface area contributed by atoms with E-state index in [0.717, 1.165) is 7.11 Å². The van der Waals surface area contributed by atoms with Crippen molar-refractivity contribution < 1.29 is 71.7 Å². The van der Waals surface area contributed by atoms with Crippen molar-refractivity contribution in [3.63, 3.8) is 0 Å². The summed E-state index contributed by atoms with van der Waals surface area (Å²) in [7, 11) is -3.74. The molecule has 2 heterocycles. The summed E-state index contributed by atoms with van der Waals surface area (Å²) in [6.07, 6.45) is -12.9. The second kappa shape index (κ2) is 10.8. The molecule has 2 fully saturated rings. The maximum Gasteiger partial charge on any atom is 0.397 e. The van der Waals surface area contributed by atoms with Gasteiger partial charge in [0, 0.05) is 13.0 Å². The van der Waals surface area contributed by atoms with Crippen LogP contribution < -0.4 is 0 Å². The summed E-state index contributed by atoms with van der Waals surface area (Å²) >= 11 is 0. The summed E-state index contributed by atoms with van der Waals surface area (Å²) < 4.78 is 56.2. The third kappa shape index (κ3) is 6.02. The van der Waals surface area contributed by atoms with Crippen LogP contribution >= 0.6 is 0 Å². The highest BCUT2D eigenvalue weighted by molar-refractivity contribution is 7.80. The van der Waals surface area contributed by atoms with Crippen LogP contribution in [0.3, 0.4) is 0 Å². The van der Waals surface area contributed by atoms with Gasteiger partial charge in [-0.2, -0.15) is 13.3 Å². The lowest BCUT2D eigenvalue weighted by molar-refractivity contribution is -0.532. The van der Waals surface area contributed by atoms with Gasteiger partial charge in [-0.25, -0.2) is 9.44 Å². The first kappa shape index (κ1) is 25.7. The summed E-state index contributed by atoms with van der Waals surface area (Å²) in [6, 6.07) is 0. The van der Waals surface area contributed by atoms with Crippen molar-refractivity contribution in [2.45, 2.75) is 62.2 Å². The lowest BCUT2D eigenvalue weighted by atomic mass is 9.90. The molecule has 0 aromatic heterocycles. The predicted octanol–water partition coefficient (Wildman–Crippen LogP) is -3.21. The van der Waals surface area contributed by atoms with E-state index in [0.29, 0.717) is 0 Å². The maximum atomic E-state index is 10.9. The standard InChI is InChI=1S/C14H26O15S/c1-5-8(16)6(3-15)25-13(9(5)17)27-11-7(4-24-30(20,21)22)26-14(23-2)12(10(11)18)28-29-19/h5-19H,3-4H2,1-2H3,(H,20,21,22)/t5-,6?,7?,8+,9?,10-,11-,12?,13-,14-/m0/s1. The third-order valence-corrected chi connectivity index (χ3v) is 5.34. The highest BCUT2D eigenvalue weighted by Crippen LogP contribution is 2.32. The number of hydrogen-bond donors (Lipinski definition) is 6. The SMILES string of the molecule is CO[C@H]1OC(COS(=O)(=O)O)[C@H](O[C@@H]2OC(CO)[C@H](O)[C@H](C)C2O)[C@H](O)C1OOO. The molecule has 2 aliphatic heterocycles. The fraction of sp³-hybridized carbons (Fsp3) is 1.00. The van der Waals surface area contributed by atoms with E-state index in [1.54, 1.807) is 0 Å². The summed E-state index contributed by atoms with van der Waals surface area (Å²) in [6.45, 7) is 0.0144. The van der Waals surface area contributed by atoms with E-state index in [1.165, 1.54) is 6.92 Å². The number of aliphatic hydroxyl groups is 4. The average molecular weight is 466 g/mol. The van der Waals surface area contributed by atoms with Crippen LogP contribution in [0.1, 0.15) is 6.92 Å². The maximum absolute atomic E-state index is 10.9. The average Bonchev–Trinajstić information content (AvgIpc) is 2.69. The van der Waals surface area contributed by atoms with E-state index in [4.69, 9.17) is 28.8 Å². The summed E-state index contributed by atoms with van der Waals surface area (Å²) in [5.41, 5.74) is 0. The molecule has 10 atom stereocenters. The lowest BCUT2D eigenvalue weighted by Gasteiger charge is -2.46. The monoisotopic (exact) mass is 466 g/mol. The molecule has 0 saturated carbocycles. The first-order valence-electron chi connectivity index (χ1n) is 8.77.